The standard InChI is InChI=1S/C8H10N2O3/c9-3-4(11)8-7(12)6-5(13-8)1-2-10-6/h1-2,4,10-12H,3,9H2. The maximum Gasteiger partial charge on any atom is 0.184 e. The van der Waals surface area contributed by atoms with Gasteiger partial charge in [0.25, 0.3) is 0 Å². The summed E-state index contributed by atoms with van der Waals surface area (Å²) in [6.45, 7) is 0.0175. The lowest BCUT2D eigenvalue weighted by Crippen LogP contribution is -2.10. The van der Waals surface area contributed by atoms with Crippen molar-refractivity contribution in [3.8, 4) is 5.75 Å². The predicted octanol–water partition coefficient (Wildman–Crippen LogP) is 0.459. The Morgan fingerprint density at radius 1 is 1.62 bits per heavy atom. The van der Waals surface area contributed by atoms with Crippen LogP contribution in [0.4, 0.5) is 0 Å². The molecule has 0 saturated carbocycles. The molecule has 0 spiro atoms. The molecule has 2 aromatic rings. The summed E-state index contributed by atoms with van der Waals surface area (Å²) in [4.78, 5) is 2.79. The lowest BCUT2D eigenvalue weighted by atomic mass is 10.2. The molecule has 70 valence electrons. The fourth-order valence-electron chi connectivity index (χ4n) is 1.25. The van der Waals surface area contributed by atoms with E-state index in [-0.39, 0.29) is 18.1 Å². The van der Waals surface area contributed by atoms with Crippen LogP contribution in [-0.4, -0.2) is 21.7 Å². The monoisotopic (exact) mass is 182 g/mol. The van der Waals surface area contributed by atoms with Crippen LogP contribution in [0, 0.1) is 0 Å². The largest absolute Gasteiger partial charge is 0.503 e. The molecule has 0 bridgehead atoms. The minimum atomic E-state index is -0.958. The van der Waals surface area contributed by atoms with Gasteiger partial charge < -0.3 is 25.3 Å². The molecule has 0 saturated heterocycles. The molecule has 0 aromatic carbocycles. The molecule has 0 amide bonds. The van der Waals surface area contributed by atoms with Gasteiger partial charge in [0, 0.05) is 12.7 Å². The normalized spacial score (nSPS) is 13.7. The average molecular weight is 182 g/mol. The fourth-order valence-corrected chi connectivity index (χ4v) is 1.25. The molecule has 0 fully saturated rings. The van der Waals surface area contributed by atoms with Crippen molar-refractivity contribution in [1.82, 2.24) is 4.98 Å². The van der Waals surface area contributed by atoms with Gasteiger partial charge in [-0.25, -0.2) is 0 Å². The number of aromatic nitrogens is 1. The van der Waals surface area contributed by atoms with Crippen molar-refractivity contribution in [3.05, 3.63) is 18.0 Å². The molecule has 5 N–H and O–H groups in total. The number of aromatic amines is 1. The molecule has 2 heterocycles. The highest BCUT2D eigenvalue weighted by molar-refractivity contribution is 5.81. The molecule has 1 unspecified atom stereocenters. The number of aromatic hydroxyl groups is 1. The topological polar surface area (TPSA) is 95.4 Å². The Morgan fingerprint density at radius 2 is 2.38 bits per heavy atom. The number of nitrogens with one attached hydrogen (secondary N) is 1. The summed E-state index contributed by atoms with van der Waals surface area (Å²) in [5, 5.41) is 18.9. The Kier molecular flexibility index (Phi) is 1.75. The summed E-state index contributed by atoms with van der Waals surface area (Å²) >= 11 is 0. The second kappa shape index (κ2) is 2.79. The van der Waals surface area contributed by atoms with Gasteiger partial charge in [-0.15, -0.1) is 0 Å². The molecule has 1 atom stereocenters. The highest BCUT2D eigenvalue weighted by Crippen LogP contribution is 2.34. The van der Waals surface area contributed by atoms with Gasteiger partial charge in [0.1, 0.15) is 11.6 Å². The summed E-state index contributed by atoms with van der Waals surface area (Å²) in [6, 6.07) is 1.67. The minimum absolute atomic E-state index is 0.0175. The van der Waals surface area contributed by atoms with Gasteiger partial charge in [-0.2, -0.15) is 0 Å². The van der Waals surface area contributed by atoms with Crippen molar-refractivity contribution in [1.29, 1.82) is 0 Å². The summed E-state index contributed by atoms with van der Waals surface area (Å²) in [5.41, 5.74) is 6.23. The number of hydrogen-bond donors (Lipinski definition) is 4. The van der Waals surface area contributed by atoms with Gasteiger partial charge in [-0.3, -0.25) is 0 Å². The van der Waals surface area contributed by atoms with Gasteiger partial charge >= 0.3 is 0 Å². The first kappa shape index (κ1) is 8.15. The summed E-state index contributed by atoms with van der Waals surface area (Å²) in [7, 11) is 0. The number of nitrogens with two attached hydrogens (primary N) is 1. The van der Waals surface area contributed by atoms with E-state index in [4.69, 9.17) is 10.2 Å². The number of hydrogen-bond acceptors (Lipinski definition) is 4. The van der Waals surface area contributed by atoms with E-state index in [0.717, 1.165) is 0 Å². The summed E-state index contributed by atoms with van der Waals surface area (Å²) in [6.07, 6.45) is 0.688. The van der Waals surface area contributed by atoms with Crippen molar-refractivity contribution in [3.63, 3.8) is 0 Å². The lowest BCUT2D eigenvalue weighted by Gasteiger charge is -2.02. The quantitative estimate of drug-likeness (QED) is 0.542. The van der Waals surface area contributed by atoms with Crippen LogP contribution in [0.3, 0.4) is 0 Å². The predicted molar refractivity (Wildman–Crippen MR) is 46.2 cm³/mol. The maximum atomic E-state index is 9.54. The van der Waals surface area contributed by atoms with Crippen molar-refractivity contribution < 1.29 is 14.6 Å². The van der Waals surface area contributed by atoms with E-state index >= 15 is 0 Å². The van der Waals surface area contributed by atoms with E-state index in [2.05, 4.69) is 4.98 Å². The Bertz CT molecular complexity index is 418. The number of aliphatic hydroxyl groups is 1. The Morgan fingerprint density at radius 3 is 3.00 bits per heavy atom. The first-order valence-corrected chi connectivity index (χ1v) is 3.91. The van der Waals surface area contributed by atoms with Crippen LogP contribution in [0.5, 0.6) is 5.75 Å². The van der Waals surface area contributed by atoms with Crippen molar-refractivity contribution in [2.75, 3.05) is 6.54 Å². The SMILES string of the molecule is NCC(O)c1oc2cc[nH]c2c1O. The number of rotatable bonds is 2. The first-order chi connectivity index (χ1) is 6.24. The van der Waals surface area contributed by atoms with Crippen LogP contribution in [0.25, 0.3) is 11.1 Å². The Balaban J connectivity index is 2.57. The molecular weight excluding hydrogens is 172 g/mol. The van der Waals surface area contributed by atoms with E-state index in [0.29, 0.717) is 11.1 Å². The highest BCUT2D eigenvalue weighted by atomic mass is 16.4. The molecule has 0 radical (unpaired) electrons. The van der Waals surface area contributed by atoms with E-state index < -0.39 is 6.10 Å². The van der Waals surface area contributed by atoms with Gasteiger partial charge in [0.05, 0.1) is 0 Å². The maximum absolute atomic E-state index is 9.54. The molecule has 13 heavy (non-hydrogen) atoms. The van der Waals surface area contributed by atoms with Gasteiger partial charge in [0.2, 0.25) is 0 Å². The first-order valence-electron chi connectivity index (χ1n) is 3.91. The van der Waals surface area contributed by atoms with Crippen LogP contribution in [-0.2, 0) is 0 Å². The van der Waals surface area contributed by atoms with E-state index in [1.807, 2.05) is 0 Å². The Hall–Kier alpha value is -1.46. The summed E-state index contributed by atoms with van der Waals surface area (Å²) in [5.74, 6) is 0.0438. The van der Waals surface area contributed by atoms with Crippen molar-refractivity contribution in [2.45, 2.75) is 6.10 Å². The number of furan rings is 1. The highest BCUT2D eigenvalue weighted by Gasteiger charge is 2.19. The van der Waals surface area contributed by atoms with E-state index in [1.54, 1.807) is 12.3 Å². The Labute approximate surface area is 73.8 Å². The molecule has 5 nitrogen and oxygen atoms in total. The van der Waals surface area contributed by atoms with E-state index in [9.17, 15) is 10.2 Å². The third-order valence-corrected chi connectivity index (χ3v) is 1.92. The molecule has 0 aliphatic carbocycles. The molecule has 2 aromatic heterocycles. The fraction of sp³-hybridized carbons (Fsp3) is 0.250. The smallest absolute Gasteiger partial charge is 0.184 e. The van der Waals surface area contributed by atoms with Crippen LogP contribution >= 0.6 is 0 Å². The molecule has 0 aliphatic heterocycles. The minimum Gasteiger partial charge on any atom is -0.503 e. The van der Waals surface area contributed by atoms with Gasteiger partial charge in [-0.1, -0.05) is 0 Å². The van der Waals surface area contributed by atoms with Crippen molar-refractivity contribution >= 4 is 11.1 Å². The van der Waals surface area contributed by atoms with Crippen LogP contribution < -0.4 is 5.73 Å². The molecule has 0 aliphatic rings. The zero-order chi connectivity index (χ0) is 9.42. The van der Waals surface area contributed by atoms with Gasteiger partial charge in [-0.05, 0) is 6.07 Å². The van der Waals surface area contributed by atoms with Crippen molar-refractivity contribution in [2.24, 2.45) is 5.73 Å². The summed E-state index contributed by atoms with van der Waals surface area (Å²) < 4.78 is 5.18. The van der Waals surface area contributed by atoms with Crippen LogP contribution in [0.15, 0.2) is 16.7 Å². The third kappa shape index (κ3) is 1.09. The zero-order valence-corrected chi connectivity index (χ0v) is 6.82. The lowest BCUT2D eigenvalue weighted by molar-refractivity contribution is 0.155. The van der Waals surface area contributed by atoms with Crippen LogP contribution in [0.2, 0.25) is 0 Å². The number of fused-ring (bicyclic) bond motifs is 1. The number of H-pyrrole nitrogens is 1. The number of aliphatic hydroxyl groups excluding tert-OH is 1. The molecule has 5 heteroatoms. The average Bonchev–Trinajstić information content (AvgIpc) is 2.68. The molecule has 2 rings (SSSR count). The van der Waals surface area contributed by atoms with Crippen LogP contribution in [0.1, 0.15) is 11.9 Å². The van der Waals surface area contributed by atoms with Gasteiger partial charge in [0.15, 0.2) is 17.1 Å². The second-order valence-electron chi connectivity index (χ2n) is 2.78. The second-order valence-corrected chi connectivity index (χ2v) is 2.78. The molecular formula is C8H10N2O3. The zero-order valence-electron chi connectivity index (χ0n) is 6.82. The van der Waals surface area contributed by atoms with E-state index in [1.165, 1.54) is 0 Å². The third-order valence-electron chi connectivity index (χ3n) is 1.92.